The van der Waals surface area contributed by atoms with Crippen LogP contribution < -0.4 is 0 Å². The number of carboxylic acids is 1. The number of aryl methyl sites for hydroxylation is 1. The molecule has 0 spiro atoms. The van der Waals surface area contributed by atoms with E-state index in [1.165, 1.54) is 16.4 Å². The van der Waals surface area contributed by atoms with Crippen molar-refractivity contribution < 1.29 is 23.4 Å². The first-order chi connectivity index (χ1) is 10.7. The topological polar surface area (TPSA) is 94.9 Å². The summed E-state index contributed by atoms with van der Waals surface area (Å²) in [6.07, 6.45) is -0.118. The number of hydrogen-bond donors (Lipinski definition) is 2. The minimum absolute atomic E-state index is 0.121. The van der Waals surface area contributed by atoms with E-state index in [2.05, 4.69) is 0 Å². The smallest absolute Gasteiger partial charge is 0.313 e. The largest absolute Gasteiger partial charge is 0.481 e. The average molecular weight is 341 g/mol. The summed E-state index contributed by atoms with van der Waals surface area (Å²) in [6, 6.07) is 6.47. The van der Waals surface area contributed by atoms with E-state index in [-0.39, 0.29) is 30.8 Å². The molecule has 0 bridgehead atoms. The summed E-state index contributed by atoms with van der Waals surface area (Å²) in [5, 5.41) is 19.8. The number of rotatable bonds is 5. The van der Waals surface area contributed by atoms with E-state index in [1.807, 2.05) is 13.8 Å². The Bertz CT molecular complexity index is 670. The lowest BCUT2D eigenvalue weighted by atomic mass is 9.74. The first-order valence-electron chi connectivity index (χ1n) is 7.72. The number of carboxylic acid groups (broad SMARTS) is 1. The van der Waals surface area contributed by atoms with Crippen molar-refractivity contribution in [3.05, 3.63) is 29.8 Å². The quantitative estimate of drug-likeness (QED) is 0.848. The predicted molar refractivity (Wildman–Crippen MR) is 85.5 cm³/mol. The summed E-state index contributed by atoms with van der Waals surface area (Å²) in [5.41, 5.74) is -0.492. The van der Waals surface area contributed by atoms with Crippen LogP contribution in [0.2, 0.25) is 0 Å². The van der Waals surface area contributed by atoms with E-state index >= 15 is 0 Å². The number of benzene rings is 1. The highest BCUT2D eigenvalue weighted by Gasteiger charge is 2.50. The fourth-order valence-electron chi connectivity index (χ4n) is 3.12. The van der Waals surface area contributed by atoms with Crippen LogP contribution in [0.1, 0.15) is 31.7 Å². The molecule has 23 heavy (non-hydrogen) atoms. The Hall–Kier alpha value is -1.44. The van der Waals surface area contributed by atoms with Crippen LogP contribution in [0.3, 0.4) is 0 Å². The number of aliphatic hydroxyl groups excluding tert-OH is 1. The molecule has 0 unspecified atom stereocenters. The predicted octanol–water partition coefficient (Wildman–Crippen LogP) is 1.62. The van der Waals surface area contributed by atoms with Crippen molar-refractivity contribution in [1.29, 1.82) is 0 Å². The van der Waals surface area contributed by atoms with Gasteiger partial charge in [-0.05, 0) is 31.9 Å². The standard InChI is InChI=1S/C16H23NO5S/c1-3-9-16(15(19)20)11-17(10-8-14(16)18)23(21,22)13-6-4-12(2)5-7-13/h4-7,14,18H,3,8-11H2,1-2H3,(H,19,20)/t14-,16-/m0/s1. The Labute approximate surface area is 136 Å². The van der Waals surface area contributed by atoms with Crippen LogP contribution in [0.4, 0.5) is 0 Å². The number of carbonyl (C=O) groups is 1. The van der Waals surface area contributed by atoms with Gasteiger partial charge < -0.3 is 10.2 Å². The Morgan fingerprint density at radius 3 is 2.48 bits per heavy atom. The lowest BCUT2D eigenvalue weighted by molar-refractivity contribution is -0.161. The monoisotopic (exact) mass is 341 g/mol. The highest BCUT2D eigenvalue weighted by Crippen LogP contribution is 2.37. The lowest BCUT2D eigenvalue weighted by Crippen LogP contribution is -2.57. The third-order valence-corrected chi connectivity index (χ3v) is 6.39. The van der Waals surface area contributed by atoms with E-state index in [4.69, 9.17) is 0 Å². The Balaban J connectivity index is 2.36. The van der Waals surface area contributed by atoms with Gasteiger partial charge in [-0.3, -0.25) is 4.79 Å². The van der Waals surface area contributed by atoms with Crippen LogP contribution in [-0.4, -0.2) is 48.1 Å². The zero-order valence-corrected chi connectivity index (χ0v) is 14.2. The molecule has 0 radical (unpaired) electrons. The highest BCUT2D eigenvalue weighted by molar-refractivity contribution is 7.89. The first kappa shape index (κ1) is 17.9. The number of nitrogens with zero attached hydrogens (tertiary/aromatic N) is 1. The second-order valence-corrected chi connectivity index (χ2v) is 8.11. The van der Waals surface area contributed by atoms with Gasteiger partial charge in [-0.2, -0.15) is 4.31 Å². The van der Waals surface area contributed by atoms with Gasteiger partial charge in [0.25, 0.3) is 0 Å². The number of aliphatic carboxylic acids is 1. The molecule has 1 aliphatic heterocycles. The van der Waals surface area contributed by atoms with Crippen LogP contribution in [0, 0.1) is 12.3 Å². The molecule has 2 N–H and O–H groups in total. The number of hydrogen-bond acceptors (Lipinski definition) is 4. The molecule has 1 aromatic carbocycles. The summed E-state index contributed by atoms with van der Waals surface area (Å²) in [6.45, 7) is 3.61. The normalized spacial score (nSPS) is 26.1. The van der Waals surface area contributed by atoms with E-state index < -0.39 is 27.5 Å². The summed E-state index contributed by atoms with van der Waals surface area (Å²) < 4.78 is 26.7. The second-order valence-electron chi connectivity index (χ2n) is 6.17. The molecule has 1 fully saturated rings. The van der Waals surface area contributed by atoms with Gasteiger partial charge >= 0.3 is 5.97 Å². The molecule has 1 aromatic rings. The number of aliphatic hydroxyl groups is 1. The van der Waals surface area contributed by atoms with Crippen molar-refractivity contribution in [2.45, 2.75) is 44.1 Å². The molecule has 0 amide bonds. The zero-order chi connectivity index (χ0) is 17.3. The molecule has 128 valence electrons. The average Bonchev–Trinajstić information content (AvgIpc) is 2.49. The van der Waals surface area contributed by atoms with Gasteiger partial charge in [0.2, 0.25) is 10.0 Å². The number of sulfonamides is 1. The van der Waals surface area contributed by atoms with E-state index in [1.54, 1.807) is 12.1 Å². The molecular weight excluding hydrogens is 318 g/mol. The third-order valence-electron chi connectivity index (χ3n) is 4.53. The van der Waals surface area contributed by atoms with Crippen LogP contribution >= 0.6 is 0 Å². The van der Waals surface area contributed by atoms with Gasteiger partial charge in [-0.1, -0.05) is 31.0 Å². The van der Waals surface area contributed by atoms with Gasteiger partial charge in [0.15, 0.2) is 0 Å². The SMILES string of the molecule is CCC[C@]1(C(=O)O)CN(S(=O)(=O)c2ccc(C)cc2)CC[C@@H]1O. The summed E-state index contributed by atoms with van der Waals surface area (Å²) in [7, 11) is -3.77. The highest BCUT2D eigenvalue weighted by atomic mass is 32.2. The molecule has 0 saturated carbocycles. The third kappa shape index (κ3) is 3.27. The van der Waals surface area contributed by atoms with E-state index in [0.29, 0.717) is 6.42 Å². The van der Waals surface area contributed by atoms with Crippen LogP contribution in [0.5, 0.6) is 0 Å². The minimum Gasteiger partial charge on any atom is -0.481 e. The molecule has 1 saturated heterocycles. The van der Waals surface area contributed by atoms with Crippen LogP contribution in [-0.2, 0) is 14.8 Å². The molecule has 2 rings (SSSR count). The maximum absolute atomic E-state index is 12.8. The van der Waals surface area contributed by atoms with Crippen molar-refractivity contribution in [1.82, 2.24) is 4.31 Å². The molecule has 6 nitrogen and oxygen atoms in total. The fourth-order valence-corrected chi connectivity index (χ4v) is 4.64. The maximum atomic E-state index is 12.8. The van der Waals surface area contributed by atoms with Gasteiger partial charge in [0, 0.05) is 13.1 Å². The summed E-state index contributed by atoms with van der Waals surface area (Å²) >= 11 is 0. The number of piperidine rings is 1. The maximum Gasteiger partial charge on any atom is 0.313 e. The van der Waals surface area contributed by atoms with E-state index in [9.17, 15) is 23.4 Å². The molecule has 0 aromatic heterocycles. The second kappa shape index (κ2) is 6.59. The van der Waals surface area contributed by atoms with Gasteiger partial charge in [-0.15, -0.1) is 0 Å². The zero-order valence-electron chi connectivity index (χ0n) is 13.4. The molecule has 0 aliphatic carbocycles. The van der Waals surface area contributed by atoms with Crippen molar-refractivity contribution in [2.75, 3.05) is 13.1 Å². The Kier molecular flexibility index (Phi) is 5.13. The van der Waals surface area contributed by atoms with Crippen molar-refractivity contribution >= 4 is 16.0 Å². The van der Waals surface area contributed by atoms with Gasteiger partial charge in [0.05, 0.1) is 11.0 Å². The molecule has 1 heterocycles. The van der Waals surface area contributed by atoms with Gasteiger partial charge in [0.1, 0.15) is 5.41 Å². The lowest BCUT2D eigenvalue weighted by Gasteiger charge is -2.42. The molecule has 7 heteroatoms. The first-order valence-corrected chi connectivity index (χ1v) is 9.16. The van der Waals surface area contributed by atoms with Crippen LogP contribution in [0.15, 0.2) is 29.2 Å². The van der Waals surface area contributed by atoms with E-state index in [0.717, 1.165) is 5.56 Å². The molecular formula is C16H23NO5S. The summed E-state index contributed by atoms with van der Waals surface area (Å²) in [5.74, 6) is -1.14. The molecule has 1 aliphatic rings. The summed E-state index contributed by atoms with van der Waals surface area (Å²) in [4.78, 5) is 11.9. The Morgan fingerprint density at radius 1 is 1.35 bits per heavy atom. The van der Waals surface area contributed by atoms with Crippen molar-refractivity contribution in [3.8, 4) is 0 Å². The fraction of sp³-hybridized carbons (Fsp3) is 0.562. The Morgan fingerprint density at radius 2 is 1.96 bits per heavy atom. The van der Waals surface area contributed by atoms with Gasteiger partial charge in [-0.25, -0.2) is 8.42 Å². The molecule has 2 atom stereocenters. The minimum atomic E-state index is -3.77. The van der Waals surface area contributed by atoms with Crippen molar-refractivity contribution in [3.63, 3.8) is 0 Å². The van der Waals surface area contributed by atoms with Crippen LogP contribution in [0.25, 0.3) is 0 Å². The van der Waals surface area contributed by atoms with Crippen molar-refractivity contribution in [2.24, 2.45) is 5.41 Å².